The third kappa shape index (κ3) is 3.19. The molecule has 1 rings (SSSR count). The van der Waals surface area contributed by atoms with Gasteiger partial charge in [0.2, 0.25) is 0 Å². The molecule has 1 atom stereocenters. The molecule has 0 spiro atoms. The summed E-state index contributed by atoms with van der Waals surface area (Å²) in [4.78, 5) is 11.3. The van der Waals surface area contributed by atoms with Crippen molar-refractivity contribution in [1.29, 1.82) is 0 Å². The van der Waals surface area contributed by atoms with Crippen LogP contribution in [0.25, 0.3) is 0 Å². The molecule has 1 unspecified atom stereocenters. The Morgan fingerprint density at radius 2 is 1.94 bits per heavy atom. The number of carbonyl (C=O) groups is 1. The van der Waals surface area contributed by atoms with Gasteiger partial charge in [0.05, 0.1) is 23.4 Å². The first-order chi connectivity index (χ1) is 7.62. The van der Waals surface area contributed by atoms with E-state index < -0.39 is 11.2 Å². The molecule has 4 heteroatoms. The average Bonchev–Trinajstić information content (AvgIpc) is 2.28. The van der Waals surface area contributed by atoms with Crippen LogP contribution in [0.4, 0.5) is 0 Å². The van der Waals surface area contributed by atoms with E-state index in [1.165, 1.54) is 0 Å². The number of aliphatic hydroxyl groups is 1. The number of hydrogen-bond donors (Lipinski definition) is 1. The van der Waals surface area contributed by atoms with E-state index in [2.05, 4.69) is 0 Å². The lowest BCUT2D eigenvalue weighted by atomic mass is 9.79. The Hall–Kier alpha value is -0.610. The lowest BCUT2D eigenvalue weighted by Gasteiger charge is -2.34. The Labute approximate surface area is 103 Å². The molecular weight excluding hydrogens is 220 g/mol. The van der Waals surface area contributed by atoms with Crippen molar-refractivity contribution in [3.63, 3.8) is 0 Å². The fourth-order valence-corrected chi connectivity index (χ4v) is 2.67. The quantitative estimate of drug-likeness (QED) is 0.769. The molecule has 17 heavy (non-hydrogen) atoms. The van der Waals surface area contributed by atoms with Gasteiger partial charge in [0.25, 0.3) is 0 Å². The lowest BCUT2D eigenvalue weighted by molar-refractivity contribution is -0.149. The Balaban J connectivity index is 2.65. The van der Waals surface area contributed by atoms with E-state index in [1.54, 1.807) is 6.92 Å². The van der Waals surface area contributed by atoms with Crippen molar-refractivity contribution in [1.82, 2.24) is 0 Å². The van der Waals surface area contributed by atoms with Crippen molar-refractivity contribution < 1.29 is 19.4 Å². The van der Waals surface area contributed by atoms with Crippen molar-refractivity contribution in [2.45, 2.75) is 70.7 Å². The average molecular weight is 244 g/mol. The summed E-state index contributed by atoms with van der Waals surface area (Å²) < 4.78 is 10.7. The van der Waals surface area contributed by atoms with Gasteiger partial charge in [0, 0.05) is 12.8 Å². The zero-order chi connectivity index (χ0) is 13.3. The van der Waals surface area contributed by atoms with Crippen molar-refractivity contribution in [3.8, 4) is 0 Å². The molecule has 1 aliphatic heterocycles. The Morgan fingerprint density at radius 3 is 2.35 bits per heavy atom. The zero-order valence-corrected chi connectivity index (χ0v) is 11.5. The molecule has 0 aromatic carbocycles. The van der Waals surface area contributed by atoms with Crippen LogP contribution >= 0.6 is 0 Å². The summed E-state index contributed by atoms with van der Waals surface area (Å²) in [6, 6.07) is 0. The summed E-state index contributed by atoms with van der Waals surface area (Å²) in [5.41, 5.74) is -1.96. The molecule has 1 N–H and O–H groups in total. The van der Waals surface area contributed by atoms with Crippen LogP contribution in [0.3, 0.4) is 0 Å². The van der Waals surface area contributed by atoms with E-state index in [0.29, 0.717) is 19.4 Å². The van der Waals surface area contributed by atoms with Crippen LogP contribution in [0.2, 0.25) is 0 Å². The maximum atomic E-state index is 11.3. The van der Waals surface area contributed by atoms with Gasteiger partial charge in [-0.05, 0) is 41.0 Å². The summed E-state index contributed by atoms with van der Waals surface area (Å²) in [5, 5.41) is 10.6. The Morgan fingerprint density at radius 1 is 1.35 bits per heavy atom. The predicted octanol–water partition coefficient (Wildman–Crippen LogP) is 2.04. The monoisotopic (exact) mass is 244 g/mol. The van der Waals surface area contributed by atoms with Crippen molar-refractivity contribution in [2.24, 2.45) is 0 Å². The third-order valence-corrected chi connectivity index (χ3v) is 3.42. The smallest absolute Gasteiger partial charge is 0.305 e. The SMILES string of the molecule is CCOC(=O)CCC1(O)CC(C)(C)OC1(C)C. The molecular formula is C13H24O4. The minimum Gasteiger partial charge on any atom is -0.466 e. The van der Waals surface area contributed by atoms with Crippen LogP contribution in [-0.4, -0.2) is 34.5 Å². The van der Waals surface area contributed by atoms with Crippen LogP contribution in [0.15, 0.2) is 0 Å². The second-order valence-electron chi connectivity index (χ2n) is 5.89. The molecule has 1 heterocycles. The van der Waals surface area contributed by atoms with Gasteiger partial charge in [-0.1, -0.05) is 0 Å². The largest absolute Gasteiger partial charge is 0.466 e. The third-order valence-electron chi connectivity index (χ3n) is 3.42. The van der Waals surface area contributed by atoms with E-state index in [9.17, 15) is 9.90 Å². The highest BCUT2D eigenvalue weighted by Crippen LogP contribution is 2.47. The Bertz CT molecular complexity index is 296. The summed E-state index contributed by atoms with van der Waals surface area (Å²) in [7, 11) is 0. The van der Waals surface area contributed by atoms with Crippen molar-refractivity contribution in [2.75, 3.05) is 6.61 Å². The molecule has 4 nitrogen and oxygen atoms in total. The molecule has 1 saturated heterocycles. The molecule has 0 radical (unpaired) electrons. The van der Waals surface area contributed by atoms with Gasteiger partial charge < -0.3 is 14.6 Å². The molecule has 0 bridgehead atoms. The molecule has 1 aliphatic rings. The Kier molecular flexibility index (Phi) is 3.89. The maximum absolute atomic E-state index is 11.3. The normalized spacial score (nSPS) is 30.2. The fraction of sp³-hybridized carbons (Fsp3) is 0.923. The van der Waals surface area contributed by atoms with E-state index in [-0.39, 0.29) is 18.0 Å². The second kappa shape index (κ2) is 4.58. The predicted molar refractivity (Wildman–Crippen MR) is 64.7 cm³/mol. The fourth-order valence-electron chi connectivity index (χ4n) is 2.67. The number of ether oxygens (including phenoxy) is 2. The van der Waals surface area contributed by atoms with E-state index in [0.717, 1.165) is 0 Å². The highest BCUT2D eigenvalue weighted by Gasteiger charge is 2.56. The van der Waals surface area contributed by atoms with Gasteiger partial charge in [-0.3, -0.25) is 4.79 Å². The number of rotatable bonds is 4. The molecule has 0 aromatic rings. The van der Waals surface area contributed by atoms with Gasteiger partial charge >= 0.3 is 5.97 Å². The molecule has 1 fully saturated rings. The van der Waals surface area contributed by atoms with Crippen LogP contribution < -0.4 is 0 Å². The number of carbonyl (C=O) groups excluding carboxylic acids is 1. The highest BCUT2D eigenvalue weighted by atomic mass is 16.6. The van der Waals surface area contributed by atoms with Gasteiger partial charge in [0.1, 0.15) is 0 Å². The molecule has 0 aliphatic carbocycles. The summed E-state index contributed by atoms with van der Waals surface area (Å²) in [6.07, 6.45) is 1.14. The second-order valence-corrected chi connectivity index (χ2v) is 5.89. The topological polar surface area (TPSA) is 55.8 Å². The van der Waals surface area contributed by atoms with E-state index in [1.807, 2.05) is 27.7 Å². The molecule has 0 saturated carbocycles. The van der Waals surface area contributed by atoms with Gasteiger partial charge in [0.15, 0.2) is 0 Å². The van der Waals surface area contributed by atoms with Crippen LogP contribution in [0.1, 0.15) is 53.9 Å². The van der Waals surface area contributed by atoms with E-state index >= 15 is 0 Å². The molecule has 0 amide bonds. The lowest BCUT2D eigenvalue weighted by Crippen LogP contribution is -2.46. The molecule has 100 valence electrons. The first-order valence-corrected chi connectivity index (χ1v) is 6.20. The summed E-state index contributed by atoms with van der Waals surface area (Å²) in [6.45, 7) is 9.80. The van der Waals surface area contributed by atoms with Gasteiger partial charge in [-0.25, -0.2) is 0 Å². The minimum absolute atomic E-state index is 0.229. The highest BCUT2D eigenvalue weighted by molar-refractivity contribution is 5.69. The number of hydrogen-bond acceptors (Lipinski definition) is 4. The van der Waals surface area contributed by atoms with Crippen LogP contribution in [-0.2, 0) is 14.3 Å². The summed E-state index contributed by atoms with van der Waals surface area (Å²) in [5.74, 6) is -0.263. The molecule has 0 aromatic heterocycles. The van der Waals surface area contributed by atoms with Gasteiger partial charge in [-0.15, -0.1) is 0 Å². The first kappa shape index (κ1) is 14.5. The first-order valence-electron chi connectivity index (χ1n) is 6.20. The standard InChI is InChI=1S/C13H24O4/c1-6-16-10(14)7-8-13(15)9-11(2,3)17-12(13,4)5/h15H,6-9H2,1-5H3. The van der Waals surface area contributed by atoms with Crippen molar-refractivity contribution in [3.05, 3.63) is 0 Å². The summed E-state index contributed by atoms with van der Waals surface area (Å²) >= 11 is 0. The minimum atomic E-state index is -0.969. The zero-order valence-electron chi connectivity index (χ0n) is 11.5. The van der Waals surface area contributed by atoms with Crippen LogP contribution in [0, 0.1) is 0 Å². The van der Waals surface area contributed by atoms with Gasteiger partial charge in [-0.2, -0.15) is 0 Å². The van der Waals surface area contributed by atoms with Crippen LogP contribution in [0.5, 0.6) is 0 Å². The number of esters is 1. The van der Waals surface area contributed by atoms with Crippen molar-refractivity contribution >= 4 is 5.97 Å². The maximum Gasteiger partial charge on any atom is 0.305 e. The van der Waals surface area contributed by atoms with E-state index in [4.69, 9.17) is 9.47 Å².